The van der Waals surface area contributed by atoms with Crippen molar-refractivity contribution in [1.82, 2.24) is 0 Å². The minimum Gasteiger partial charge on any atom is -0.393 e. The third-order valence-electron chi connectivity index (χ3n) is 5.42. The number of rotatable bonds is 8. The van der Waals surface area contributed by atoms with Crippen LogP contribution in [0.15, 0.2) is 35.9 Å². The van der Waals surface area contributed by atoms with E-state index in [2.05, 4.69) is 30.3 Å². The zero-order valence-electron chi connectivity index (χ0n) is 15.6. The maximum absolute atomic E-state index is 10.6. The molecule has 25 heavy (non-hydrogen) atoms. The quantitative estimate of drug-likeness (QED) is 0.499. The zero-order chi connectivity index (χ0) is 18.4. The van der Waals surface area contributed by atoms with Crippen LogP contribution in [-0.4, -0.2) is 47.3 Å². The Morgan fingerprint density at radius 1 is 1.20 bits per heavy atom. The first-order chi connectivity index (χ1) is 11.9. The number of aryl methyl sites for hydroxylation is 1. The highest BCUT2D eigenvalue weighted by atomic mass is 16.5. The number of ether oxygens (including phenoxy) is 1. The van der Waals surface area contributed by atoms with Crippen molar-refractivity contribution in [3.8, 4) is 0 Å². The van der Waals surface area contributed by atoms with Crippen LogP contribution in [0.4, 0.5) is 0 Å². The van der Waals surface area contributed by atoms with Crippen molar-refractivity contribution in [2.75, 3.05) is 20.3 Å². The molecule has 3 N–H and O–H groups in total. The second kappa shape index (κ2) is 8.95. The van der Waals surface area contributed by atoms with E-state index in [9.17, 15) is 15.3 Å². The van der Waals surface area contributed by atoms with Crippen LogP contribution in [0.25, 0.3) is 0 Å². The van der Waals surface area contributed by atoms with E-state index in [-0.39, 0.29) is 18.4 Å². The minimum atomic E-state index is -1.19. The topological polar surface area (TPSA) is 69.9 Å². The van der Waals surface area contributed by atoms with E-state index in [1.54, 1.807) is 14.0 Å². The third-order valence-corrected chi connectivity index (χ3v) is 5.42. The van der Waals surface area contributed by atoms with Gasteiger partial charge in [0.1, 0.15) is 0 Å². The van der Waals surface area contributed by atoms with E-state index in [4.69, 9.17) is 4.74 Å². The number of benzene rings is 1. The number of hydrogen-bond acceptors (Lipinski definition) is 4. The van der Waals surface area contributed by atoms with E-state index in [0.717, 1.165) is 31.4 Å². The van der Waals surface area contributed by atoms with Crippen LogP contribution in [0.1, 0.15) is 37.8 Å². The molecule has 140 valence electrons. The van der Waals surface area contributed by atoms with E-state index in [0.29, 0.717) is 6.42 Å². The SMILES string of the molecule is COCCCc1ccc(CC2C=C(C)C(O)CC2C(C)(O)CO)cc1. The summed E-state index contributed by atoms with van der Waals surface area (Å²) in [6, 6.07) is 8.58. The smallest absolute Gasteiger partial charge is 0.0884 e. The standard InChI is InChI=1S/C21H32O4/c1-15-11-18(19(13-20(15)23)21(2,24)14-22)12-17-8-6-16(7-9-17)5-4-10-25-3/h6-9,11,18-20,22-24H,4-5,10,12-14H2,1-3H3. The fourth-order valence-electron chi connectivity index (χ4n) is 3.73. The lowest BCUT2D eigenvalue weighted by molar-refractivity contribution is -0.0755. The molecule has 0 saturated heterocycles. The van der Waals surface area contributed by atoms with Gasteiger partial charge in [-0.15, -0.1) is 0 Å². The maximum atomic E-state index is 10.6. The highest BCUT2D eigenvalue weighted by Crippen LogP contribution is 2.38. The lowest BCUT2D eigenvalue weighted by Crippen LogP contribution is -2.46. The van der Waals surface area contributed by atoms with Crippen molar-refractivity contribution in [3.05, 3.63) is 47.0 Å². The average molecular weight is 348 g/mol. The van der Waals surface area contributed by atoms with Crippen molar-refractivity contribution < 1.29 is 20.1 Å². The first kappa shape index (κ1) is 20.1. The van der Waals surface area contributed by atoms with Gasteiger partial charge in [-0.05, 0) is 68.1 Å². The summed E-state index contributed by atoms with van der Waals surface area (Å²) in [5.74, 6) is -0.0672. The number of aliphatic hydroxyl groups excluding tert-OH is 2. The summed E-state index contributed by atoms with van der Waals surface area (Å²) in [5, 5.41) is 30.3. The molecule has 1 aliphatic rings. The number of hydrogen-bond donors (Lipinski definition) is 3. The van der Waals surface area contributed by atoms with Gasteiger partial charge >= 0.3 is 0 Å². The molecule has 0 amide bonds. The number of aliphatic hydroxyl groups is 3. The van der Waals surface area contributed by atoms with Crippen LogP contribution in [0.2, 0.25) is 0 Å². The fourth-order valence-corrected chi connectivity index (χ4v) is 3.73. The van der Waals surface area contributed by atoms with Crippen molar-refractivity contribution in [1.29, 1.82) is 0 Å². The van der Waals surface area contributed by atoms with Crippen LogP contribution >= 0.6 is 0 Å². The summed E-state index contributed by atoms with van der Waals surface area (Å²) in [5.41, 5.74) is 2.26. The zero-order valence-corrected chi connectivity index (χ0v) is 15.6. The van der Waals surface area contributed by atoms with Gasteiger partial charge in [0.2, 0.25) is 0 Å². The molecule has 0 radical (unpaired) electrons. The normalized spacial score (nSPS) is 26.2. The van der Waals surface area contributed by atoms with Gasteiger partial charge in [0.25, 0.3) is 0 Å². The predicted octanol–water partition coefficient (Wildman–Crippen LogP) is 2.49. The second-order valence-electron chi connectivity index (χ2n) is 7.56. The summed E-state index contributed by atoms with van der Waals surface area (Å²) in [4.78, 5) is 0. The third kappa shape index (κ3) is 5.38. The van der Waals surface area contributed by atoms with E-state index >= 15 is 0 Å². The molecule has 1 aromatic carbocycles. The summed E-state index contributed by atoms with van der Waals surface area (Å²) in [7, 11) is 1.72. The van der Waals surface area contributed by atoms with Crippen LogP contribution < -0.4 is 0 Å². The molecule has 4 atom stereocenters. The first-order valence-electron chi connectivity index (χ1n) is 9.13. The van der Waals surface area contributed by atoms with Gasteiger partial charge in [-0.25, -0.2) is 0 Å². The van der Waals surface area contributed by atoms with Gasteiger partial charge in [-0.3, -0.25) is 0 Å². The van der Waals surface area contributed by atoms with E-state index < -0.39 is 11.7 Å². The Morgan fingerprint density at radius 3 is 2.44 bits per heavy atom. The molecule has 1 aliphatic carbocycles. The molecule has 0 saturated carbocycles. The molecule has 0 aliphatic heterocycles. The Labute approximate surface area is 151 Å². The molecule has 4 unspecified atom stereocenters. The van der Waals surface area contributed by atoms with Gasteiger partial charge in [-0.1, -0.05) is 30.3 Å². The number of allylic oxidation sites excluding steroid dienone is 1. The summed E-state index contributed by atoms with van der Waals surface area (Å²) in [6.45, 7) is 4.06. The predicted molar refractivity (Wildman–Crippen MR) is 99.4 cm³/mol. The van der Waals surface area contributed by atoms with Crippen LogP contribution in [-0.2, 0) is 17.6 Å². The summed E-state index contributed by atoms with van der Waals surface area (Å²) < 4.78 is 5.09. The maximum Gasteiger partial charge on any atom is 0.0884 e. The minimum absolute atomic E-state index is 0.102. The first-order valence-corrected chi connectivity index (χ1v) is 9.13. The van der Waals surface area contributed by atoms with E-state index in [1.807, 2.05) is 6.92 Å². The highest BCUT2D eigenvalue weighted by Gasteiger charge is 2.40. The average Bonchev–Trinajstić information content (AvgIpc) is 2.59. The van der Waals surface area contributed by atoms with Gasteiger partial charge in [-0.2, -0.15) is 0 Å². The largest absolute Gasteiger partial charge is 0.393 e. The van der Waals surface area contributed by atoms with Crippen molar-refractivity contribution >= 4 is 0 Å². The Kier molecular flexibility index (Phi) is 7.20. The van der Waals surface area contributed by atoms with Crippen LogP contribution in [0, 0.1) is 11.8 Å². The fraction of sp³-hybridized carbons (Fsp3) is 0.619. The molecule has 0 fully saturated rings. The Bertz CT molecular complexity index is 562. The molecular formula is C21H32O4. The molecule has 2 rings (SSSR count). The lowest BCUT2D eigenvalue weighted by Gasteiger charge is -2.40. The molecule has 0 aromatic heterocycles. The number of methoxy groups -OCH3 is 1. The Balaban J connectivity index is 2.10. The molecule has 1 aromatic rings. The lowest BCUT2D eigenvalue weighted by atomic mass is 9.69. The highest BCUT2D eigenvalue weighted by molar-refractivity contribution is 5.25. The van der Waals surface area contributed by atoms with Gasteiger partial charge in [0.05, 0.1) is 18.3 Å². The summed E-state index contributed by atoms with van der Waals surface area (Å²) in [6.07, 6.45) is 4.82. The monoisotopic (exact) mass is 348 g/mol. The molecule has 4 heteroatoms. The van der Waals surface area contributed by atoms with Gasteiger partial charge < -0.3 is 20.1 Å². The molecule has 0 bridgehead atoms. The van der Waals surface area contributed by atoms with Crippen molar-refractivity contribution in [2.45, 2.75) is 51.2 Å². The summed E-state index contributed by atoms with van der Waals surface area (Å²) >= 11 is 0. The second-order valence-corrected chi connectivity index (χ2v) is 7.56. The van der Waals surface area contributed by atoms with Gasteiger partial charge in [0.15, 0.2) is 0 Å². The van der Waals surface area contributed by atoms with Gasteiger partial charge in [0, 0.05) is 13.7 Å². The molecule has 4 nitrogen and oxygen atoms in total. The van der Waals surface area contributed by atoms with E-state index in [1.165, 1.54) is 11.1 Å². The molecule has 0 heterocycles. The van der Waals surface area contributed by atoms with Crippen molar-refractivity contribution in [2.24, 2.45) is 11.8 Å². The van der Waals surface area contributed by atoms with Crippen molar-refractivity contribution in [3.63, 3.8) is 0 Å². The van der Waals surface area contributed by atoms with Crippen LogP contribution in [0.3, 0.4) is 0 Å². The molecule has 0 spiro atoms. The molecular weight excluding hydrogens is 316 g/mol. The Hall–Kier alpha value is -1.20. The van der Waals surface area contributed by atoms with Crippen LogP contribution in [0.5, 0.6) is 0 Å². The Morgan fingerprint density at radius 2 is 1.84 bits per heavy atom.